The second-order valence-corrected chi connectivity index (χ2v) is 6.76. The number of carbonyl (C=O) groups is 1. The fourth-order valence-electron chi connectivity index (χ4n) is 3.35. The Morgan fingerprint density at radius 3 is 2.57 bits per heavy atom. The molecule has 1 aromatic rings. The molecule has 1 aromatic carbocycles. The number of rotatable bonds is 4. The average Bonchev–Trinajstić information content (AvgIpc) is 2.95. The van der Waals surface area contributed by atoms with Crippen LogP contribution < -0.4 is 20.8 Å². The number of hydrazine groups is 1. The minimum absolute atomic E-state index is 0.151. The predicted octanol–water partition coefficient (Wildman–Crippen LogP) is 1.69. The normalized spacial score (nSPS) is 29.5. The van der Waals surface area contributed by atoms with Crippen LogP contribution >= 0.6 is 11.6 Å². The molecule has 156 valence electrons. The number of aliphatic hydroxyl groups is 1. The largest absolute Gasteiger partial charge is 0.433 e. The number of hydrogen-bond acceptors (Lipinski definition) is 6. The third-order valence-corrected chi connectivity index (χ3v) is 4.92. The van der Waals surface area contributed by atoms with Gasteiger partial charge in [0.25, 0.3) is 0 Å². The minimum atomic E-state index is -4.73. The Morgan fingerprint density at radius 1 is 1.32 bits per heavy atom. The van der Waals surface area contributed by atoms with Gasteiger partial charge in [0.1, 0.15) is 11.8 Å². The van der Waals surface area contributed by atoms with Gasteiger partial charge in [-0.3, -0.25) is 10.1 Å². The molecule has 2 heterocycles. The van der Waals surface area contributed by atoms with Gasteiger partial charge in [0, 0.05) is 6.04 Å². The highest BCUT2D eigenvalue weighted by Crippen LogP contribution is 2.39. The standard InChI is InChI=1S/C15H16ClF5N4O3/c1-5(6-2-3-8(7(16)4-6)28-13(17)18)25-11-9(10(24-25)15(19,20)21)12(26)23-14(27)22-11/h2-5,9-11,13-14,22,24,27H,1H3,(H,23,26). The Labute approximate surface area is 160 Å². The molecule has 0 spiro atoms. The molecule has 7 nitrogen and oxygen atoms in total. The highest BCUT2D eigenvalue weighted by atomic mass is 35.5. The number of benzene rings is 1. The lowest BCUT2D eigenvalue weighted by Gasteiger charge is -2.37. The molecule has 1 amide bonds. The highest BCUT2D eigenvalue weighted by Gasteiger charge is 2.59. The van der Waals surface area contributed by atoms with Gasteiger partial charge in [-0.05, 0) is 24.6 Å². The lowest BCUT2D eigenvalue weighted by Crippen LogP contribution is -2.65. The van der Waals surface area contributed by atoms with E-state index in [0.717, 1.165) is 5.01 Å². The van der Waals surface area contributed by atoms with Crippen LogP contribution in [0.1, 0.15) is 18.5 Å². The minimum Gasteiger partial charge on any atom is -0.433 e. The van der Waals surface area contributed by atoms with Crippen molar-refractivity contribution in [1.29, 1.82) is 0 Å². The molecular weight excluding hydrogens is 415 g/mol. The molecule has 2 aliphatic rings. The van der Waals surface area contributed by atoms with Crippen molar-refractivity contribution >= 4 is 17.5 Å². The molecule has 28 heavy (non-hydrogen) atoms. The Kier molecular flexibility index (Phi) is 5.69. The quantitative estimate of drug-likeness (QED) is 0.544. The Hall–Kier alpha value is -1.73. The molecule has 2 fully saturated rings. The summed E-state index contributed by atoms with van der Waals surface area (Å²) in [6.45, 7) is -1.55. The zero-order valence-electron chi connectivity index (χ0n) is 14.2. The maximum atomic E-state index is 13.4. The van der Waals surface area contributed by atoms with Gasteiger partial charge in [-0.25, -0.2) is 10.4 Å². The number of alkyl halides is 5. The number of amides is 1. The first-order chi connectivity index (χ1) is 13.0. The van der Waals surface area contributed by atoms with Crippen molar-refractivity contribution in [3.05, 3.63) is 28.8 Å². The number of nitrogens with one attached hydrogen (secondary N) is 3. The smallest absolute Gasteiger partial charge is 0.406 e. The van der Waals surface area contributed by atoms with Gasteiger partial charge in [-0.15, -0.1) is 0 Å². The summed E-state index contributed by atoms with van der Waals surface area (Å²) in [5.74, 6) is -2.79. The summed E-state index contributed by atoms with van der Waals surface area (Å²) in [6, 6.07) is 0.859. The first kappa shape index (κ1) is 21.0. The van der Waals surface area contributed by atoms with E-state index in [0.29, 0.717) is 5.56 Å². The first-order valence-electron chi connectivity index (χ1n) is 8.09. The summed E-state index contributed by atoms with van der Waals surface area (Å²) >= 11 is 5.91. The molecular formula is C15H16ClF5N4O3. The van der Waals surface area contributed by atoms with Crippen LogP contribution in [0.2, 0.25) is 5.02 Å². The van der Waals surface area contributed by atoms with Crippen molar-refractivity contribution in [3.8, 4) is 5.75 Å². The van der Waals surface area contributed by atoms with Crippen molar-refractivity contribution in [3.63, 3.8) is 0 Å². The Balaban J connectivity index is 1.89. The number of carbonyl (C=O) groups excluding carboxylic acids is 1. The highest BCUT2D eigenvalue weighted by molar-refractivity contribution is 6.32. The summed E-state index contributed by atoms with van der Waals surface area (Å²) in [6.07, 6.45) is -7.44. The number of ether oxygens (including phenoxy) is 1. The Morgan fingerprint density at radius 2 is 2.00 bits per heavy atom. The van der Waals surface area contributed by atoms with Gasteiger partial charge >= 0.3 is 12.8 Å². The van der Waals surface area contributed by atoms with Crippen molar-refractivity contribution in [2.45, 2.75) is 44.3 Å². The van der Waals surface area contributed by atoms with E-state index in [4.69, 9.17) is 11.6 Å². The molecule has 5 unspecified atom stereocenters. The summed E-state index contributed by atoms with van der Waals surface area (Å²) in [5, 5.41) is 15.2. The molecule has 2 aliphatic heterocycles. The van der Waals surface area contributed by atoms with Crippen LogP contribution in [-0.4, -0.2) is 47.4 Å². The van der Waals surface area contributed by atoms with Crippen LogP contribution in [0.15, 0.2) is 18.2 Å². The SMILES string of the molecule is CC(c1ccc(OC(F)F)c(Cl)c1)N1NC(C(F)(F)F)C2C(=O)NC(O)NC21. The maximum absolute atomic E-state index is 13.4. The zero-order valence-corrected chi connectivity index (χ0v) is 14.9. The topological polar surface area (TPSA) is 85.9 Å². The third-order valence-electron chi connectivity index (χ3n) is 4.62. The van der Waals surface area contributed by atoms with Crippen LogP contribution in [0.4, 0.5) is 22.0 Å². The summed E-state index contributed by atoms with van der Waals surface area (Å²) < 4.78 is 69.2. The molecule has 0 saturated carbocycles. The van der Waals surface area contributed by atoms with Crippen LogP contribution in [-0.2, 0) is 4.79 Å². The lowest BCUT2D eigenvalue weighted by molar-refractivity contribution is -0.172. The van der Waals surface area contributed by atoms with Crippen molar-refractivity contribution in [2.75, 3.05) is 0 Å². The number of nitrogens with zero attached hydrogens (tertiary/aromatic N) is 1. The van der Waals surface area contributed by atoms with E-state index in [-0.39, 0.29) is 10.8 Å². The van der Waals surface area contributed by atoms with E-state index in [9.17, 15) is 31.9 Å². The van der Waals surface area contributed by atoms with E-state index in [1.165, 1.54) is 25.1 Å². The van der Waals surface area contributed by atoms with Crippen LogP contribution in [0, 0.1) is 5.92 Å². The molecule has 0 aliphatic carbocycles. The third kappa shape index (κ3) is 4.01. The molecule has 5 atom stereocenters. The average molecular weight is 431 g/mol. The molecule has 0 bridgehead atoms. The summed E-state index contributed by atoms with van der Waals surface area (Å²) in [5.41, 5.74) is 2.65. The van der Waals surface area contributed by atoms with Crippen molar-refractivity contribution < 1.29 is 36.6 Å². The van der Waals surface area contributed by atoms with Gasteiger partial charge in [-0.1, -0.05) is 17.7 Å². The van der Waals surface area contributed by atoms with E-state index in [1.807, 2.05) is 5.32 Å². The van der Waals surface area contributed by atoms with Gasteiger partial charge in [0.2, 0.25) is 5.91 Å². The van der Waals surface area contributed by atoms with Gasteiger partial charge < -0.3 is 15.2 Å². The number of aliphatic hydroxyl groups excluding tert-OH is 1. The lowest BCUT2D eigenvalue weighted by atomic mass is 9.95. The van der Waals surface area contributed by atoms with Crippen LogP contribution in [0.3, 0.4) is 0 Å². The number of hydrogen-bond donors (Lipinski definition) is 4. The monoisotopic (exact) mass is 430 g/mol. The Bertz CT molecular complexity index is 753. The number of fused-ring (bicyclic) bond motifs is 1. The first-order valence-corrected chi connectivity index (χ1v) is 8.47. The van der Waals surface area contributed by atoms with E-state index < -0.39 is 49.2 Å². The van der Waals surface area contributed by atoms with Gasteiger partial charge in [0.05, 0.1) is 17.1 Å². The fourth-order valence-corrected chi connectivity index (χ4v) is 3.58. The molecule has 0 aromatic heterocycles. The molecule has 13 heteroatoms. The van der Waals surface area contributed by atoms with Gasteiger partial charge in [-0.2, -0.15) is 22.0 Å². The van der Waals surface area contributed by atoms with Crippen molar-refractivity contribution in [1.82, 2.24) is 21.1 Å². The summed E-state index contributed by atoms with van der Waals surface area (Å²) in [4.78, 5) is 12.1. The molecule has 0 radical (unpaired) electrons. The van der Waals surface area contributed by atoms with E-state index in [2.05, 4.69) is 15.5 Å². The molecule has 3 rings (SSSR count). The van der Waals surface area contributed by atoms with Crippen LogP contribution in [0.5, 0.6) is 5.75 Å². The fraction of sp³-hybridized carbons (Fsp3) is 0.533. The maximum Gasteiger partial charge on any atom is 0.406 e. The second-order valence-electron chi connectivity index (χ2n) is 6.35. The molecule has 2 saturated heterocycles. The van der Waals surface area contributed by atoms with Gasteiger partial charge in [0.15, 0.2) is 6.35 Å². The zero-order chi connectivity index (χ0) is 20.8. The second kappa shape index (κ2) is 7.59. The predicted molar refractivity (Wildman–Crippen MR) is 85.9 cm³/mol. The van der Waals surface area contributed by atoms with Crippen molar-refractivity contribution in [2.24, 2.45) is 5.92 Å². The summed E-state index contributed by atoms with van der Waals surface area (Å²) in [7, 11) is 0. The van der Waals surface area contributed by atoms with E-state index in [1.54, 1.807) is 0 Å². The number of halogens is 6. The van der Waals surface area contributed by atoms with Crippen LogP contribution in [0.25, 0.3) is 0 Å². The molecule has 4 N–H and O–H groups in total. The van der Waals surface area contributed by atoms with E-state index >= 15 is 0 Å².